The molecule has 2 aromatic carbocycles. The van der Waals surface area contributed by atoms with Crippen LogP contribution in [0.2, 0.25) is 0 Å². The molecule has 1 aromatic heterocycles. The van der Waals surface area contributed by atoms with Crippen molar-refractivity contribution in [2.75, 3.05) is 31.4 Å². The smallest absolute Gasteiger partial charge is 0.267 e. The first-order chi connectivity index (χ1) is 14.0. The molecule has 0 aliphatic rings. The van der Waals surface area contributed by atoms with Gasteiger partial charge in [0.1, 0.15) is 11.3 Å². The van der Waals surface area contributed by atoms with Crippen LogP contribution in [0.4, 0.5) is 5.69 Å². The van der Waals surface area contributed by atoms with Crippen LogP contribution in [0.15, 0.2) is 58.2 Å². The normalized spacial score (nSPS) is 11.0. The quantitative estimate of drug-likeness (QED) is 0.474. The number of pyridine rings is 1. The molecule has 1 heterocycles. The number of aromatic hydroxyl groups is 1. The number of amides is 1. The van der Waals surface area contributed by atoms with Crippen LogP contribution in [0.3, 0.4) is 0 Å². The Hall–Kier alpha value is -2.77. The number of para-hydroxylation sites is 1. The van der Waals surface area contributed by atoms with E-state index >= 15 is 0 Å². The van der Waals surface area contributed by atoms with Gasteiger partial charge < -0.3 is 19.3 Å². The van der Waals surface area contributed by atoms with Crippen LogP contribution >= 0.6 is 11.8 Å². The monoisotopic (exact) mass is 412 g/mol. The van der Waals surface area contributed by atoms with E-state index in [2.05, 4.69) is 0 Å². The molecule has 0 bridgehead atoms. The Bertz CT molecular complexity index is 1080. The highest BCUT2D eigenvalue weighted by Gasteiger charge is 2.26. The highest BCUT2D eigenvalue weighted by Crippen LogP contribution is 2.31. The molecule has 0 spiro atoms. The van der Waals surface area contributed by atoms with Crippen molar-refractivity contribution in [1.82, 2.24) is 4.57 Å². The Morgan fingerprint density at radius 2 is 1.93 bits per heavy atom. The summed E-state index contributed by atoms with van der Waals surface area (Å²) < 4.78 is 6.52. The second-order valence-corrected chi connectivity index (χ2v) is 7.49. The number of aromatic nitrogens is 1. The molecule has 0 atom stereocenters. The van der Waals surface area contributed by atoms with Crippen molar-refractivity contribution in [2.24, 2.45) is 7.05 Å². The van der Waals surface area contributed by atoms with E-state index in [0.29, 0.717) is 36.2 Å². The van der Waals surface area contributed by atoms with Gasteiger partial charge in [-0.05, 0) is 43.0 Å². The maximum Gasteiger partial charge on any atom is 0.267 e. The van der Waals surface area contributed by atoms with E-state index in [1.165, 1.54) is 21.2 Å². The lowest BCUT2D eigenvalue weighted by molar-refractivity contribution is 0.0979. The van der Waals surface area contributed by atoms with Crippen molar-refractivity contribution in [3.8, 4) is 5.75 Å². The molecular formula is C22H24N2O4S. The molecule has 0 saturated heterocycles. The van der Waals surface area contributed by atoms with Crippen LogP contribution in [-0.2, 0) is 11.8 Å². The van der Waals surface area contributed by atoms with Crippen molar-refractivity contribution in [1.29, 1.82) is 0 Å². The number of anilines is 1. The fourth-order valence-corrected chi connectivity index (χ4v) is 3.73. The average molecular weight is 413 g/mol. The molecule has 3 aromatic rings. The highest BCUT2D eigenvalue weighted by atomic mass is 32.2. The van der Waals surface area contributed by atoms with Crippen LogP contribution < -0.4 is 10.5 Å². The number of ether oxygens (including phenoxy) is 1. The molecule has 3 rings (SSSR count). The van der Waals surface area contributed by atoms with Gasteiger partial charge in [-0.25, -0.2) is 0 Å². The maximum absolute atomic E-state index is 13.4. The molecule has 29 heavy (non-hydrogen) atoms. The molecule has 6 nitrogen and oxygen atoms in total. The Kier molecular flexibility index (Phi) is 6.61. The van der Waals surface area contributed by atoms with E-state index in [9.17, 15) is 14.7 Å². The predicted molar refractivity (Wildman–Crippen MR) is 117 cm³/mol. The molecule has 0 radical (unpaired) electrons. The van der Waals surface area contributed by atoms with Gasteiger partial charge >= 0.3 is 0 Å². The minimum atomic E-state index is -0.526. The summed E-state index contributed by atoms with van der Waals surface area (Å²) >= 11 is 1.53. The molecule has 1 N–H and O–H groups in total. The first-order valence-electron chi connectivity index (χ1n) is 9.25. The molecule has 7 heteroatoms. The summed E-state index contributed by atoms with van der Waals surface area (Å²) in [5, 5.41) is 11.4. The fourth-order valence-electron chi connectivity index (χ4n) is 3.29. The van der Waals surface area contributed by atoms with Crippen molar-refractivity contribution >= 4 is 34.3 Å². The summed E-state index contributed by atoms with van der Waals surface area (Å²) in [6.45, 7) is 0.845. The number of thioether (sulfide) groups is 1. The number of methoxy groups -OCH3 is 1. The van der Waals surface area contributed by atoms with Gasteiger partial charge in [0.25, 0.3) is 11.5 Å². The van der Waals surface area contributed by atoms with Crippen molar-refractivity contribution in [3.05, 3.63) is 64.4 Å². The minimum Gasteiger partial charge on any atom is -0.506 e. The molecule has 0 aliphatic heterocycles. The van der Waals surface area contributed by atoms with Gasteiger partial charge in [0, 0.05) is 43.3 Å². The molecule has 0 saturated carbocycles. The third kappa shape index (κ3) is 4.16. The maximum atomic E-state index is 13.4. The van der Waals surface area contributed by atoms with E-state index in [-0.39, 0.29) is 11.3 Å². The van der Waals surface area contributed by atoms with Crippen molar-refractivity contribution < 1.29 is 14.6 Å². The second-order valence-electron chi connectivity index (χ2n) is 6.61. The lowest BCUT2D eigenvalue weighted by Crippen LogP contribution is -2.37. The number of aryl methyl sites for hydroxylation is 1. The Balaban J connectivity index is 2.15. The number of carbonyl (C=O) groups excluding carboxylic acids is 1. The fraction of sp³-hybridized carbons (Fsp3) is 0.273. The third-order valence-corrected chi connectivity index (χ3v) is 5.56. The minimum absolute atomic E-state index is 0.223. The lowest BCUT2D eigenvalue weighted by atomic mass is 10.1. The largest absolute Gasteiger partial charge is 0.506 e. The van der Waals surface area contributed by atoms with E-state index in [1.807, 2.05) is 30.5 Å². The topological polar surface area (TPSA) is 71.8 Å². The van der Waals surface area contributed by atoms with Crippen LogP contribution in [0, 0.1) is 0 Å². The van der Waals surface area contributed by atoms with Crippen molar-refractivity contribution in [3.63, 3.8) is 0 Å². The van der Waals surface area contributed by atoms with Gasteiger partial charge in [0.05, 0.1) is 5.52 Å². The van der Waals surface area contributed by atoms with Gasteiger partial charge in [-0.2, -0.15) is 0 Å². The second kappa shape index (κ2) is 9.15. The van der Waals surface area contributed by atoms with Gasteiger partial charge in [0.2, 0.25) is 0 Å². The summed E-state index contributed by atoms with van der Waals surface area (Å²) in [7, 11) is 3.21. The standard InChI is InChI=1S/C22H24N2O4S/c1-23-18-11-10-16(29-3)14-17(18)20(25)19(21(23)26)22(27)24(12-7-13-28-2)15-8-5-4-6-9-15/h4-6,8-11,14,25H,7,12-13H2,1-3H3. The third-order valence-electron chi connectivity index (χ3n) is 4.83. The molecule has 0 unspecified atom stereocenters. The zero-order valence-electron chi connectivity index (χ0n) is 16.7. The number of hydrogen-bond donors (Lipinski definition) is 1. The Labute approximate surface area is 173 Å². The van der Waals surface area contributed by atoms with Gasteiger partial charge in [-0.1, -0.05) is 18.2 Å². The first kappa shape index (κ1) is 21.0. The number of rotatable bonds is 7. The number of nitrogens with zero attached hydrogens (tertiary/aromatic N) is 2. The van der Waals surface area contributed by atoms with Crippen LogP contribution in [0.1, 0.15) is 16.8 Å². The Morgan fingerprint density at radius 1 is 1.21 bits per heavy atom. The van der Waals surface area contributed by atoms with Crippen molar-refractivity contribution in [2.45, 2.75) is 11.3 Å². The lowest BCUT2D eigenvalue weighted by Gasteiger charge is -2.23. The summed E-state index contributed by atoms with van der Waals surface area (Å²) in [6, 6.07) is 14.6. The number of benzene rings is 2. The van der Waals surface area contributed by atoms with Crippen LogP contribution in [0.25, 0.3) is 10.9 Å². The van der Waals surface area contributed by atoms with Crippen LogP contribution in [0.5, 0.6) is 5.75 Å². The molecule has 0 aliphatic carbocycles. The molecule has 1 amide bonds. The summed E-state index contributed by atoms with van der Waals surface area (Å²) in [5.41, 5.74) is 0.490. The number of fused-ring (bicyclic) bond motifs is 1. The zero-order valence-corrected chi connectivity index (χ0v) is 17.5. The van der Waals surface area contributed by atoms with Gasteiger partial charge in [-0.3, -0.25) is 9.59 Å². The SMILES string of the molecule is COCCCN(C(=O)c1c(O)c2cc(SC)ccc2n(C)c1=O)c1ccccc1. The summed E-state index contributed by atoms with van der Waals surface area (Å²) in [5.74, 6) is -0.807. The zero-order chi connectivity index (χ0) is 21.0. The highest BCUT2D eigenvalue weighted by molar-refractivity contribution is 7.98. The van der Waals surface area contributed by atoms with E-state index in [0.717, 1.165) is 4.90 Å². The molecular weight excluding hydrogens is 388 g/mol. The molecule has 152 valence electrons. The average Bonchev–Trinajstić information content (AvgIpc) is 2.75. The van der Waals surface area contributed by atoms with E-state index < -0.39 is 11.5 Å². The summed E-state index contributed by atoms with van der Waals surface area (Å²) in [4.78, 5) is 28.9. The summed E-state index contributed by atoms with van der Waals surface area (Å²) in [6.07, 6.45) is 2.53. The predicted octanol–water partition coefficient (Wildman–Crippen LogP) is 3.65. The van der Waals surface area contributed by atoms with E-state index in [4.69, 9.17) is 4.74 Å². The van der Waals surface area contributed by atoms with Gasteiger partial charge in [-0.15, -0.1) is 11.8 Å². The van der Waals surface area contributed by atoms with Gasteiger partial charge in [0.15, 0.2) is 0 Å². The Morgan fingerprint density at radius 3 is 2.59 bits per heavy atom. The number of carbonyl (C=O) groups is 1. The molecule has 0 fully saturated rings. The van der Waals surface area contributed by atoms with Crippen LogP contribution in [-0.4, -0.2) is 42.1 Å². The van der Waals surface area contributed by atoms with E-state index in [1.54, 1.807) is 38.4 Å². The first-order valence-corrected chi connectivity index (χ1v) is 10.5. The number of hydrogen-bond acceptors (Lipinski definition) is 5.